The molecule has 2 aliphatic heterocycles. The number of nitriles is 2. The van der Waals surface area contributed by atoms with Crippen molar-refractivity contribution in [2.45, 2.75) is 18.0 Å². The van der Waals surface area contributed by atoms with Gasteiger partial charge in [0.1, 0.15) is 6.04 Å². The minimum atomic E-state index is -1.45. The smallest absolute Gasteiger partial charge is 0.185 e. The minimum absolute atomic E-state index is 0.118. The molecule has 3 atom stereocenters. The molecule has 3 aromatic rings. The molecule has 0 aliphatic carbocycles. The third kappa shape index (κ3) is 3.35. The number of hydrogen-bond acceptors (Lipinski definition) is 4. The van der Waals surface area contributed by atoms with Crippen LogP contribution in [0.5, 0.6) is 0 Å². The number of hydrogen-bond donors (Lipinski definition) is 0. The molecule has 0 aromatic heterocycles. The van der Waals surface area contributed by atoms with Gasteiger partial charge in [-0.15, -0.1) is 0 Å². The van der Waals surface area contributed by atoms with Crippen LogP contribution in [0.1, 0.15) is 27.4 Å². The van der Waals surface area contributed by atoms with E-state index in [1.165, 1.54) is 0 Å². The Morgan fingerprint density at radius 3 is 2.45 bits per heavy atom. The van der Waals surface area contributed by atoms with Crippen molar-refractivity contribution in [2.24, 2.45) is 5.41 Å². The standard InChI is InChI=1S/C27H17ClIN3O/c28-20-10-11-22-18(13-20)9-12-23-27(15-30,16-31)24(19-7-4-8-21(29)14-19)25(32(22)23)26(33)17-5-2-1-3-6-17/h1-14,23-25H. The second-order valence-electron chi connectivity index (χ2n) is 8.21. The molecule has 0 N–H and O–H groups in total. The molecule has 3 unspecified atom stereocenters. The van der Waals surface area contributed by atoms with Crippen LogP contribution in [0, 0.1) is 31.6 Å². The van der Waals surface area contributed by atoms with Crippen LogP contribution in [0.4, 0.5) is 5.69 Å². The Labute approximate surface area is 210 Å². The number of fused-ring (bicyclic) bond motifs is 3. The van der Waals surface area contributed by atoms with E-state index >= 15 is 0 Å². The van der Waals surface area contributed by atoms with Crippen LogP contribution < -0.4 is 4.90 Å². The molecule has 4 nitrogen and oxygen atoms in total. The average Bonchev–Trinajstić information content (AvgIpc) is 3.14. The van der Waals surface area contributed by atoms with Gasteiger partial charge in [-0.3, -0.25) is 4.79 Å². The first kappa shape index (κ1) is 21.7. The molecule has 0 spiro atoms. The molecule has 6 heteroatoms. The monoisotopic (exact) mass is 561 g/mol. The number of carbonyl (C=O) groups is 1. The van der Waals surface area contributed by atoms with Gasteiger partial charge in [-0.25, -0.2) is 0 Å². The Morgan fingerprint density at radius 1 is 1.00 bits per heavy atom. The first-order chi connectivity index (χ1) is 16.0. The number of nitrogens with zero attached hydrogens (tertiary/aromatic N) is 3. The number of halogens is 2. The van der Waals surface area contributed by atoms with Gasteiger partial charge in [-0.1, -0.05) is 66.2 Å². The van der Waals surface area contributed by atoms with Gasteiger partial charge in [-0.2, -0.15) is 10.5 Å². The summed E-state index contributed by atoms with van der Waals surface area (Å²) in [5.41, 5.74) is 1.56. The maximum Gasteiger partial charge on any atom is 0.185 e. The zero-order valence-corrected chi connectivity index (χ0v) is 20.2. The Hall–Kier alpha value is -3.13. The van der Waals surface area contributed by atoms with E-state index in [0.717, 1.165) is 20.4 Å². The topological polar surface area (TPSA) is 67.9 Å². The van der Waals surface area contributed by atoms with Gasteiger partial charge >= 0.3 is 0 Å². The second-order valence-corrected chi connectivity index (χ2v) is 9.90. The minimum Gasteiger partial charge on any atom is -0.351 e. The molecular weight excluding hydrogens is 545 g/mol. The van der Waals surface area contributed by atoms with Crippen molar-refractivity contribution in [3.05, 3.63) is 104 Å². The third-order valence-electron chi connectivity index (χ3n) is 6.50. The summed E-state index contributed by atoms with van der Waals surface area (Å²) in [6, 6.07) is 25.7. The lowest BCUT2D eigenvalue weighted by atomic mass is 9.69. The number of benzene rings is 3. The molecule has 0 amide bonds. The van der Waals surface area contributed by atoms with Crippen LogP contribution in [-0.4, -0.2) is 17.9 Å². The molecular formula is C27H17ClIN3O. The lowest BCUT2D eigenvalue weighted by molar-refractivity contribution is 0.0951. The van der Waals surface area contributed by atoms with Crippen LogP contribution in [0.25, 0.3) is 6.08 Å². The average molecular weight is 562 g/mol. The Bertz CT molecular complexity index is 1360. The van der Waals surface area contributed by atoms with Crippen molar-refractivity contribution in [3.63, 3.8) is 0 Å². The molecule has 1 fully saturated rings. The van der Waals surface area contributed by atoms with Gasteiger partial charge < -0.3 is 4.90 Å². The summed E-state index contributed by atoms with van der Waals surface area (Å²) in [6.07, 6.45) is 3.76. The fraction of sp³-hybridized carbons (Fsp3) is 0.148. The highest BCUT2D eigenvalue weighted by Gasteiger charge is 2.63. The molecule has 0 radical (unpaired) electrons. The van der Waals surface area contributed by atoms with E-state index in [9.17, 15) is 15.3 Å². The number of carbonyl (C=O) groups excluding carboxylic acids is 1. The van der Waals surface area contributed by atoms with Crippen molar-refractivity contribution in [1.29, 1.82) is 10.5 Å². The highest BCUT2D eigenvalue weighted by Crippen LogP contribution is 2.55. The summed E-state index contributed by atoms with van der Waals surface area (Å²) in [4.78, 5) is 16.0. The Balaban J connectivity index is 1.80. The summed E-state index contributed by atoms with van der Waals surface area (Å²) < 4.78 is 0.980. The summed E-state index contributed by atoms with van der Waals surface area (Å²) >= 11 is 8.46. The lowest BCUT2D eigenvalue weighted by Gasteiger charge is -2.35. The molecule has 0 bridgehead atoms. The molecule has 0 saturated carbocycles. The number of Topliss-reactive ketones (excluding diaryl/α,β-unsaturated/α-hetero) is 1. The quantitative estimate of drug-likeness (QED) is 0.281. The first-order valence-corrected chi connectivity index (χ1v) is 11.9. The van der Waals surface area contributed by atoms with Gasteiger partial charge in [0.2, 0.25) is 0 Å². The normalized spacial score (nSPS) is 22.1. The van der Waals surface area contributed by atoms with Crippen molar-refractivity contribution in [1.82, 2.24) is 0 Å². The maximum absolute atomic E-state index is 14.1. The highest BCUT2D eigenvalue weighted by atomic mass is 127. The SMILES string of the molecule is N#CC1(C#N)C(c2cccc(I)c2)C(C(=O)c2ccccc2)N2c3ccc(Cl)cc3C=CC21. The van der Waals surface area contributed by atoms with Gasteiger partial charge in [-0.05, 0) is 64.0 Å². The maximum atomic E-state index is 14.1. The van der Waals surface area contributed by atoms with Gasteiger partial charge in [0.25, 0.3) is 0 Å². The molecule has 2 aliphatic rings. The van der Waals surface area contributed by atoms with Crippen molar-refractivity contribution in [2.75, 3.05) is 4.90 Å². The molecule has 160 valence electrons. The molecule has 3 aromatic carbocycles. The van der Waals surface area contributed by atoms with Crippen molar-refractivity contribution in [3.8, 4) is 12.1 Å². The van der Waals surface area contributed by atoms with Crippen molar-refractivity contribution < 1.29 is 4.79 Å². The molecule has 33 heavy (non-hydrogen) atoms. The van der Waals surface area contributed by atoms with Gasteiger partial charge in [0.15, 0.2) is 11.2 Å². The largest absolute Gasteiger partial charge is 0.351 e. The van der Waals surface area contributed by atoms with Crippen LogP contribution in [-0.2, 0) is 0 Å². The van der Waals surface area contributed by atoms with E-state index in [4.69, 9.17) is 11.6 Å². The second kappa shape index (κ2) is 8.33. The van der Waals surface area contributed by atoms with Crippen LogP contribution in [0.3, 0.4) is 0 Å². The molecule has 1 saturated heterocycles. The number of anilines is 1. The Morgan fingerprint density at radius 2 is 1.76 bits per heavy atom. The van der Waals surface area contributed by atoms with E-state index in [-0.39, 0.29) is 5.78 Å². The van der Waals surface area contributed by atoms with Crippen molar-refractivity contribution >= 4 is 51.7 Å². The van der Waals surface area contributed by atoms with Crippen LogP contribution in [0.2, 0.25) is 5.02 Å². The first-order valence-electron chi connectivity index (χ1n) is 10.4. The van der Waals surface area contributed by atoms with E-state index in [1.54, 1.807) is 18.2 Å². The fourth-order valence-corrected chi connectivity index (χ4v) is 5.86. The van der Waals surface area contributed by atoms with Gasteiger partial charge in [0, 0.05) is 25.8 Å². The van der Waals surface area contributed by atoms with Crippen LogP contribution in [0.15, 0.2) is 78.9 Å². The van der Waals surface area contributed by atoms with E-state index < -0.39 is 23.4 Å². The summed E-state index contributed by atoms with van der Waals surface area (Å²) in [5, 5.41) is 21.5. The van der Waals surface area contributed by atoms with Crippen LogP contribution >= 0.6 is 34.2 Å². The van der Waals surface area contributed by atoms with E-state index in [2.05, 4.69) is 34.7 Å². The molecule has 2 heterocycles. The predicted octanol–water partition coefficient (Wildman–Crippen LogP) is 6.23. The summed E-state index contributed by atoms with van der Waals surface area (Å²) in [6.45, 7) is 0. The lowest BCUT2D eigenvalue weighted by Crippen LogP contribution is -2.44. The zero-order chi connectivity index (χ0) is 23.2. The number of ketones is 1. The fourth-order valence-electron chi connectivity index (χ4n) is 5.11. The zero-order valence-electron chi connectivity index (χ0n) is 17.3. The summed E-state index contributed by atoms with van der Waals surface area (Å²) in [5.74, 6) is -0.765. The number of rotatable bonds is 3. The Kier molecular flexibility index (Phi) is 5.48. The highest BCUT2D eigenvalue weighted by molar-refractivity contribution is 14.1. The van der Waals surface area contributed by atoms with Gasteiger partial charge in [0.05, 0.1) is 18.2 Å². The predicted molar refractivity (Wildman–Crippen MR) is 137 cm³/mol. The molecule has 5 rings (SSSR count). The van der Waals surface area contributed by atoms with E-state index in [0.29, 0.717) is 10.6 Å². The third-order valence-corrected chi connectivity index (χ3v) is 7.41. The van der Waals surface area contributed by atoms with E-state index in [1.807, 2.05) is 71.6 Å². The summed E-state index contributed by atoms with van der Waals surface area (Å²) in [7, 11) is 0.